The van der Waals surface area contributed by atoms with Gasteiger partial charge in [-0.2, -0.15) is 0 Å². The van der Waals surface area contributed by atoms with Gasteiger partial charge in [-0.1, -0.05) is 41.7 Å². The Hall–Kier alpha value is -1.92. The smallest absolute Gasteiger partial charge is 0.214 e. The quantitative estimate of drug-likeness (QED) is 0.748. The molecule has 3 heterocycles. The molecule has 1 atom stereocenters. The molecule has 4 rings (SSSR count). The molecule has 0 aliphatic carbocycles. The highest BCUT2D eigenvalue weighted by atomic mass is 32.1. The van der Waals surface area contributed by atoms with Gasteiger partial charge in [-0.3, -0.25) is 0 Å². The van der Waals surface area contributed by atoms with E-state index in [2.05, 4.69) is 50.6 Å². The fourth-order valence-corrected chi connectivity index (χ4v) is 4.16. The molecule has 1 aromatic carbocycles. The maximum Gasteiger partial charge on any atom is 0.214 e. The Morgan fingerprint density at radius 3 is 3.00 bits per heavy atom. The molecular weight excluding hydrogens is 318 g/mol. The molecule has 126 valence electrons. The lowest BCUT2D eigenvalue weighted by Gasteiger charge is -2.16. The first-order valence-electron chi connectivity index (χ1n) is 8.59. The Labute approximate surface area is 146 Å². The van der Waals surface area contributed by atoms with Crippen molar-refractivity contribution in [2.24, 2.45) is 5.92 Å². The van der Waals surface area contributed by atoms with Crippen LogP contribution in [0.15, 0.2) is 36.5 Å². The van der Waals surface area contributed by atoms with Crippen molar-refractivity contribution in [2.45, 2.75) is 19.8 Å². The summed E-state index contributed by atoms with van der Waals surface area (Å²) in [5, 5.41) is 9.01. The predicted molar refractivity (Wildman–Crippen MR) is 98.8 cm³/mol. The van der Waals surface area contributed by atoms with E-state index in [0.29, 0.717) is 5.92 Å². The highest BCUT2D eigenvalue weighted by Crippen LogP contribution is 2.21. The topological polar surface area (TPSA) is 45.5 Å². The zero-order valence-electron chi connectivity index (χ0n) is 14.0. The molecule has 1 fully saturated rings. The van der Waals surface area contributed by atoms with Crippen molar-refractivity contribution < 1.29 is 0 Å². The molecule has 0 spiro atoms. The molecule has 1 N–H and O–H groups in total. The molecule has 1 aliphatic rings. The average Bonchev–Trinajstić information content (AvgIpc) is 3.26. The number of nitrogens with one attached hydrogen (secondary N) is 1. The lowest BCUT2D eigenvalue weighted by Crippen LogP contribution is -2.25. The van der Waals surface area contributed by atoms with E-state index in [1.165, 1.54) is 25.1 Å². The van der Waals surface area contributed by atoms with E-state index in [0.717, 1.165) is 35.3 Å². The minimum Gasteiger partial charge on any atom is -0.360 e. The lowest BCUT2D eigenvalue weighted by molar-refractivity contribution is 0.330. The summed E-state index contributed by atoms with van der Waals surface area (Å²) >= 11 is 1.63. The van der Waals surface area contributed by atoms with E-state index in [1.54, 1.807) is 11.3 Å². The van der Waals surface area contributed by atoms with Crippen LogP contribution in [-0.2, 0) is 6.42 Å². The van der Waals surface area contributed by atoms with Crippen LogP contribution in [0.1, 0.15) is 17.7 Å². The Morgan fingerprint density at radius 1 is 1.29 bits per heavy atom. The van der Waals surface area contributed by atoms with Gasteiger partial charge in [0.25, 0.3) is 0 Å². The molecule has 1 unspecified atom stereocenters. The Kier molecular flexibility index (Phi) is 4.49. The summed E-state index contributed by atoms with van der Waals surface area (Å²) in [6, 6.07) is 10.8. The molecule has 0 bridgehead atoms. The summed E-state index contributed by atoms with van der Waals surface area (Å²) in [4.78, 5) is 7.99. The van der Waals surface area contributed by atoms with Gasteiger partial charge in [0, 0.05) is 19.6 Å². The van der Waals surface area contributed by atoms with E-state index in [-0.39, 0.29) is 0 Å². The molecule has 1 saturated heterocycles. The molecule has 6 heteroatoms. The number of benzene rings is 1. The fourth-order valence-electron chi connectivity index (χ4n) is 3.33. The van der Waals surface area contributed by atoms with Gasteiger partial charge < -0.3 is 10.2 Å². The van der Waals surface area contributed by atoms with Crippen LogP contribution in [0.5, 0.6) is 0 Å². The highest BCUT2D eigenvalue weighted by Gasteiger charge is 2.22. The first-order chi connectivity index (χ1) is 11.8. The fraction of sp³-hybridized carbons (Fsp3) is 0.444. The van der Waals surface area contributed by atoms with Crippen molar-refractivity contribution in [1.82, 2.24) is 19.5 Å². The van der Waals surface area contributed by atoms with Crippen LogP contribution < -0.4 is 5.32 Å². The molecule has 0 amide bonds. The van der Waals surface area contributed by atoms with Crippen molar-refractivity contribution in [1.29, 1.82) is 0 Å². The van der Waals surface area contributed by atoms with E-state index in [1.807, 2.05) is 17.6 Å². The summed E-state index contributed by atoms with van der Waals surface area (Å²) in [5.41, 5.74) is 2.45. The molecular formula is C18H23N5S. The minimum absolute atomic E-state index is 0.707. The van der Waals surface area contributed by atoms with E-state index in [4.69, 9.17) is 0 Å². The molecule has 5 nitrogen and oxygen atoms in total. The van der Waals surface area contributed by atoms with Crippen molar-refractivity contribution in [2.75, 3.05) is 31.5 Å². The van der Waals surface area contributed by atoms with Crippen LogP contribution in [0.25, 0.3) is 4.96 Å². The van der Waals surface area contributed by atoms with Gasteiger partial charge in [-0.25, -0.2) is 9.50 Å². The molecule has 1 aliphatic heterocycles. The zero-order valence-corrected chi connectivity index (χ0v) is 14.8. The second kappa shape index (κ2) is 6.91. The number of likely N-dealkylation sites (tertiary alicyclic amines) is 1. The maximum atomic E-state index is 4.54. The number of nitrogens with zero attached hydrogens (tertiary/aromatic N) is 4. The number of imidazole rings is 1. The number of rotatable bonds is 6. The zero-order chi connectivity index (χ0) is 16.4. The van der Waals surface area contributed by atoms with Gasteiger partial charge in [-0.15, -0.1) is 5.10 Å². The second-order valence-electron chi connectivity index (χ2n) is 6.59. The highest BCUT2D eigenvalue weighted by molar-refractivity contribution is 7.20. The van der Waals surface area contributed by atoms with Crippen LogP contribution in [0, 0.1) is 12.8 Å². The van der Waals surface area contributed by atoms with Crippen molar-refractivity contribution in [3.8, 4) is 0 Å². The molecule has 0 radical (unpaired) electrons. The average molecular weight is 341 g/mol. The third-order valence-electron chi connectivity index (χ3n) is 4.64. The predicted octanol–water partition coefficient (Wildman–Crippen LogP) is 3.08. The van der Waals surface area contributed by atoms with Crippen LogP contribution in [0.3, 0.4) is 0 Å². The molecule has 24 heavy (non-hydrogen) atoms. The maximum absolute atomic E-state index is 4.54. The molecule has 2 aromatic heterocycles. The van der Waals surface area contributed by atoms with Crippen LogP contribution in [0.2, 0.25) is 0 Å². The van der Waals surface area contributed by atoms with Crippen molar-refractivity contribution >= 4 is 21.4 Å². The standard InChI is InChI=1S/C18H23N5S/c1-14-12-23-18(20-14)24-17(21-23)19-11-16-8-10-22(13-16)9-7-15-5-3-2-4-6-15/h2-6,12,16H,7-11,13H2,1H3,(H,19,21). The number of anilines is 1. The lowest BCUT2D eigenvalue weighted by atomic mass is 10.1. The Bertz CT molecular complexity index is 763. The largest absolute Gasteiger partial charge is 0.360 e. The second-order valence-corrected chi connectivity index (χ2v) is 7.54. The first kappa shape index (κ1) is 15.6. The van der Waals surface area contributed by atoms with Gasteiger partial charge in [0.05, 0.1) is 11.9 Å². The van der Waals surface area contributed by atoms with Gasteiger partial charge in [-0.05, 0) is 37.8 Å². The van der Waals surface area contributed by atoms with Crippen LogP contribution in [-0.4, -0.2) is 45.7 Å². The number of hydrogen-bond donors (Lipinski definition) is 1. The third-order valence-corrected chi connectivity index (χ3v) is 5.52. The number of hydrogen-bond acceptors (Lipinski definition) is 5. The molecule has 0 saturated carbocycles. The number of aryl methyl sites for hydroxylation is 1. The Balaban J connectivity index is 1.24. The number of aromatic nitrogens is 3. The van der Waals surface area contributed by atoms with Crippen molar-refractivity contribution in [3.63, 3.8) is 0 Å². The molecule has 3 aromatic rings. The van der Waals surface area contributed by atoms with Gasteiger partial charge >= 0.3 is 0 Å². The Morgan fingerprint density at radius 2 is 2.17 bits per heavy atom. The normalized spacial score (nSPS) is 18.5. The summed E-state index contributed by atoms with van der Waals surface area (Å²) in [5.74, 6) is 0.707. The van der Waals surface area contributed by atoms with Gasteiger partial charge in [0.2, 0.25) is 10.1 Å². The number of fused-ring (bicyclic) bond motifs is 1. The monoisotopic (exact) mass is 341 g/mol. The van der Waals surface area contributed by atoms with Crippen LogP contribution in [0.4, 0.5) is 5.13 Å². The summed E-state index contributed by atoms with van der Waals surface area (Å²) < 4.78 is 1.86. The summed E-state index contributed by atoms with van der Waals surface area (Å²) in [6.45, 7) is 6.54. The summed E-state index contributed by atoms with van der Waals surface area (Å²) in [6.07, 6.45) is 4.38. The SMILES string of the molecule is Cc1cn2nc(NCC3CCN(CCc4ccccc4)C3)sc2n1. The van der Waals surface area contributed by atoms with E-state index < -0.39 is 0 Å². The van der Waals surface area contributed by atoms with Gasteiger partial charge in [0.15, 0.2) is 0 Å². The van der Waals surface area contributed by atoms with Crippen LogP contribution >= 0.6 is 11.3 Å². The van der Waals surface area contributed by atoms with Gasteiger partial charge in [0.1, 0.15) is 0 Å². The minimum atomic E-state index is 0.707. The van der Waals surface area contributed by atoms with E-state index in [9.17, 15) is 0 Å². The first-order valence-corrected chi connectivity index (χ1v) is 9.41. The van der Waals surface area contributed by atoms with E-state index >= 15 is 0 Å². The summed E-state index contributed by atoms with van der Waals surface area (Å²) in [7, 11) is 0. The van der Waals surface area contributed by atoms with Crippen molar-refractivity contribution in [3.05, 3.63) is 47.8 Å². The third kappa shape index (κ3) is 3.60.